The molecule has 0 aromatic rings. The molecule has 0 unspecified atom stereocenters. The molecule has 0 aliphatic carbocycles. The standard InChI is InChI=1S/C12H23NO3/c1-3-15-10-9-13-7-5-11(6-8-13)12(14)16-4-2/h11H,3-10H2,1-2H3. The number of hydrogen-bond donors (Lipinski definition) is 0. The van der Waals surface area contributed by atoms with Gasteiger partial charge in [-0.05, 0) is 39.8 Å². The van der Waals surface area contributed by atoms with Gasteiger partial charge in [0.1, 0.15) is 0 Å². The summed E-state index contributed by atoms with van der Waals surface area (Å²) in [7, 11) is 0. The van der Waals surface area contributed by atoms with Gasteiger partial charge in [-0.15, -0.1) is 0 Å². The van der Waals surface area contributed by atoms with Crippen LogP contribution in [-0.4, -0.2) is 50.3 Å². The number of ether oxygens (including phenoxy) is 2. The van der Waals surface area contributed by atoms with Gasteiger partial charge < -0.3 is 14.4 Å². The van der Waals surface area contributed by atoms with E-state index in [-0.39, 0.29) is 11.9 Å². The molecule has 0 amide bonds. The summed E-state index contributed by atoms with van der Waals surface area (Å²) < 4.78 is 10.3. The first-order chi connectivity index (χ1) is 7.77. The Balaban J connectivity index is 2.15. The summed E-state index contributed by atoms with van der Waals surface area (Å²) in [5, 5.41) is 0. The highest BCUT2D eigenvalue weighted by Crippen LogP contribution is 2.18. The van der Waals surface area contributed by atoms with Crippen molar-refractivity contribution in [1.29, 1.82) is 0 Å². The molecule has 4 heteroatoms. The number of hydrogen-bond acceptors (Lipinski definition) is 4. The molecular weight excluding hydrogens is 206 g/mol. The zero-order valence-electron chi connectivity index (χ0n) is 10.4. The molecule has 1 rings (SSSR count). The van der Waals surface area contributed by atoms with Gasteiger partial charge in [0.25, 0.3) is 0 Å². The average Bonchev–Trinajstić information content (AvgIpc) is 2.30. The molecule has 0 radical (unpaired) electrons. The summed E-state index contributed by atoms with van der Waals surface area (Å²) in [6, 6.07) is 0. The first-order valence-electron chi connectivity index (χ1n) is 6.24. The highest BCUT2D eigenvalue weighted by molar-refractivity contribution is 5.72. The van der Waals surface area contributed by atoms with Gasteiger partial charge in [-0.3, -0.25) is 4.79 Å². The first kappa shape index (κ1) is 13.5. The summed E-state index contributed by atoms with van der Waals surface area (Å²) in [6.45, 7) is 8.86. The molecule has 0 saturated carbocycles. The van der Waals surface area contributed by atoms with Gasteiger partial charge >= 0.3 is 5.97 Å². The maximum absolute atomic E-state index is 11.5. The van der Waals surface area contributed by atoms with E-state index in [2.05, 4.69) is 4.90 Å². The fraction of sp³-hybridized carbons (Fsp3) is 0.917. The molecule has 1 aliphatic heterocycles. The Morgan fingerprint density at radius 2 is 1.94 bits per heavy atom. The van der Waals surface area contributed by atoms with Crippen LogP contribution in [0.2, 0.25) is 0 Å². The quantitative estimate of drug-likeness (QED) is 0.508. The van der Waals surface area contributed by atoms with Crippen LogP contribution in [0.1, 0.15) is 26.7 Å². The Hall–Kier alpha value is -0.610. The fourth-order valence-electron chi connectivity index (χ4n) is 1.99. The van der Waals surface area contributed by atoms with Gasteiger partial charge in [-0.1, -0.05) is 0 Å². The molecular formula is C12H23NO3. The van der Waals surface area contributed by atoms with Crippen LogP contribution in [0.4, 0.5) is 0 Å². The molecule has 0 N–H and O–H groups in total. The number of nitrogens with zero attached hydrogens (tertiary/aromatic N) is 1. The van der Waals surface area contributed by atoms with Crippen molar-refractivity contribution < 1.29 is 14.3 Å². The van der Waals surface area contributed by atoms with E-state index in [1.165, 1.54) is 0 Å². The second-order valence-corrected chi connectivity index (χ2v) is 4.06. The van der Waals surface area contributed by atoms with Gasteiger partial charge in [0.05, 0.1) is 19.1 Å². The lowest BCUT2D eigenvalue weighted by Crippen LogP contribution is -2.38. The van der Waals surface area contributed by atoms with E-state index in [4.69, 9.17) is 9.47 Å². The van der Waals surface area contributed by atoms with Gasteiger partial charge in [-0.25, -0.2) is 0 Å². The summed E-state index contributed by atoms with van der Waals surface area (Å²) >= 11 is 0. The number of carbonyl (C=O) groups excluding carboxylic acids is 1. The Bertz CT molecular complexity index is 200. The second-order valence-electron chi connectivity index (χ2n) is 4.06. The van der Waals surface area contributed by atoms with Crippen molar-refractivity contribution in [3.63, 3.8) is 0 Å². The predicted octanol–water partition coefficient (Wildman–Crippen LogP) is 1.30. The number of esters is 1. The summed E-state index contributed by atoms with van der Waals surface area (Å²) in [5.74, 6) is 0.0928. The zero-order chi connectivity index (χ0) is 11.8. The largest absolute Gasteiger partial charge is 0.466 e. The third-order valence-corrected chi connectivity index (χ3v) is 2.96. The van der Waals surface area contributed by atoms with Crippen molar-refractivity contribution in [2.45, 2.75) is 26.7 Å². The van der Waals surface area contributed by atoms with Crippen molar-refractivity contribution >= 4 is 5.97 Å². The predicted molar refractivity (Wildman–Crippen MR) is 62.3 cm³/mol. The van der Waals surface area contributed by atoms with Crippen LogP contribution in [0.5, 0.6) is 0 Å². The van der Waals surface area contributed by atoms with Crippen LogP contribution in [0, 0.1) is 5.92 Å². The van der Waals surface area contributed by atoms with Crippen molar-refractivity contribution in [2.75, 3.05) is 39.5 Å². The van der Waals surface area contributed by atoms with Gasteiger partial charge in [0, 0.05) is 13.2 Å². The topological polar surface area (TPSA) is 38.8 Å². The summed E-state index contributed by atoms with van der Waals surface area (Å²) in [4.78, 5) is 13.9. The molecule has 1 heterocycles. The molecule has 0 aromatic carbocycles. The highest BCUT2D eigenvalue weighted by Gasteiger charge is 2.25. The van der Waals surface area contributed by atoms with Crippen molar-refractivity contribution in [1.82, 2.24) is 4.90 Å². The SMILES string of the molecule is CCOCCN1CCC(C(=O)OCC)CC1. The minimum atomic E-state index is -0.0213. The second kappa shape index (κ2) is 7.63. The van der Waals surface area contributed by atoms with E-state index in [1.807, 2.05) is 13.8 Å². The molecule has 0 aromatic heterocycles. The van der Waals surface area contributed by atoms with Gasteiger partial charge in [0.2, 0.25) is 0 Å². The Morgan fingerprint density at radius 3 is 2.50 bits per heavy atom. The smallest absolute Gasteiger partial charge is 0.309 e. The third-order valence-electron chi connectivity index (χ3n) is 2.96. The Morgan fingerprint density at radius 1 is 1.25 bits per heavy atom. The van der Waals surface area contributed by atoms with Crippen molar-refractivity contribution in [3.8, 4) is 0 Å². The summed E-state index contributed by atoms with van der Waals surface area (Å²) in [6.07, 6.45) is 1.84. The molecule has 0 spiro atoms. The molecule has 1 aliphatic rings. The van der Waals surface area contributed by atoms with E-state index in [0.29, 0.717) is 6.61 Å². The first-order valence-corrected chi connectivity index (χ1v) is 6.24. The van der Waals surface area contributed by atoms with Crippen molar-refractivity contribution in [3.05, 3.63) is 0 Å². The maximum atomic E-state index is 11.5. The Kier molecular flexibility index (Phi) is 6.42. The molecule has 1 saturated heterocycles. The lowest BCUT2D eigenvalue weighted by Gasteiger charge is -2.30. The zero-order valence-corrected chi connectivity index (χ0v) is 10.4. The van der Waals surface area contributed by atoms with E-state index in [9.17, 15) is 4.79 Å². The highest BCUT2D eigenvalue weighted by atomic mass is 16.5. The minimum Gasteiger partial charge on any atom is -0.466 e. The number of piperidine rings is 1. The van der Waals surface area contributed by atoms with Crippen LogP contribution in [0.25, 0.3) is 0 Å². The van der Waals surface area contributed by atoms with Crippen molar-refractivity contribution in [2.24, 2.45) is 5.92 Å². The molecule has 16 heavy (non-hydrogen) atoms. The maximum Gasteiger partial charge on any atom is 0.309 e. The third kappa shape index (κ3) is 4.49. The molecule has 94 valence electrons. The van der Waals surface area contributed by atoms with Gasteiger partial charge in [0.15, 0.2) is 0 Å². The number of likely N-dealkylation sites (tertiary alicyclic amines) is 1. The van der Waals surface area contributed by atoms with Crippen LogP contribution >= 0.6 is 0 Å². The van der Waals surface area contributed by atoms with E-state index >= 15 is 0 Å². The minimum absolute atomic E-state index is 0.0213. The normalized spacial score (nSPS) is 18.6. The number of rotatable bonds is 6. The van der Waals surface area contributed by atoms with Crippen LogP contribution in [0.3, 0.4) is 0 Å². The summed E-state index contributed by atoms with van der Waals surface area (Å²) in [5.41, 5.74) is 0. The van der Waals surface area contributed by atoms with Gasteiger partial charge in [-0.2, -0.15) is 0 Å². The Labute approximate surface area is 97.9 Å². The monoisotopic (exact) mass is 229 g/mol. The number of carbonyl (C=O) groups is 1. The lowest BCUT2D eigenvalue weighted by molar-refractivity contribution is -0.149. The van der Waals surface area contributed by atoms with E-state index < -0.39 is 0 Å². The molecule has 0 atom stereocenters. The van der Waals surface area contributed by atoms with Crippen LogP contribution < -0.4 is 0 Å². The molecule has 0 bridgehead atoms. The van der Waals surface area contributed by atoms with E-state index in [1.54, 1.807) is 0 Å². The molecule has 4 nitrogen and oxygen atoms in total. The van der Waals surface area contributed by atoms with Crippen LogP contribution in [0.15, 0.2) is 0 Å². The molecule has 1 fully saturated rings. The average molecular weight is 229 g/mol. The fourth-order valence-corrected chi connectivity index (χ4v) is 1.99. The van der Waals surface area contributed by atoms with Crippen LogP contribution in [-0.2, 0) is 14.3 Å². The lowest BCUT2D eigenvalue weighted by atomic mass is 9.97. The van der Waals surface area contributed by atoms with E-state index in [0.717, 1.165) is 45.7 Å².